The molecule has 0 aromatic heterocycles. The molecule has 0 fully saturated rings. The van der Waals surface area contributed by atoms with E-state index in [1.165, 1.54) is 0 Å². The highest BCUT2D eigenvalue weighted by atomic mass is 79.9. The molecule has 32 heavy (non-hydrogen) atoms. The van der Waals surface area contributed by atoms with Gasteiger partial charge in [-0.3, -0.25) is 4.79 Å². The molecule has 0 unspecified atom stereocenters. The second-order valence-electron chi connectivity index (χ2n) is 7.91. The van der Waals surface area contributed by atoms with Crippen LogP contribution in [0.5, 0.6) is 11.5 Å². The summed E-state index contributed by atoms with van der Waals surface area (Å²) in [6, 6.07) is 13.6. The van der Waals surface area contributed by atoms with Crippen molar-refractivity contribution >= 4 is 33.3 Å². The quantitative estimate of drug-likeness (QED) is 0.542. The standard InChI is InChI=1S/C25H22BrClN2O3/c1-13-18(12-28)24(17-10-22(31-2)23(32-3)11-19(17)26)25-20(29-13)8-15(9-21(25)30)14-4-6-16(27)7-5-14/h4-7,10-11,15,24,29H,8-9H2,1-3H3/t15-,24-/m1/s1. The van der Waals surface area contributed by atoms with Gasteiger partial charge in [-0.1, -0.05) is 39.7 Å². The molecular weight excluding hydrogens is 492 g/mol. The van der Waals surface area contributed by atoms with E-state index in [1.54, 1.807) is 14.2 Å². The van der Waals surface area contributed by atoms with Crippen LogP contribution in [0.4, 0.5) is 0 Å². The largest absolute Gasteiger partial charge is 0.493 e. The summed E-state index contributed by atoms with van der Waals surface area (Å²) in [5, 5.41) is 14.0. The van der Waals surface area contributed by atoms with Crippen molar-refractivity contribution in [3.05, 3.63) is 79.6 Å². The number of methoxy groups -OCH3 is 2. The number of dihydropyridines is 1. The van der Waals surface area contributed by atoms with E-state index < -0.39 is 5.92 Å². The molecular formula is C25H22BrClN2O3. The van der Waals surface area contributed by atoms with Crippen molar-refractivity contribution < 1.29 is 14.3 Å². The molecule has 2 aromatic rings. The van der Waals surface area contributed by atoms with Crippen LogP contribution in [0.2, 0.25) is 5.02 Å². The Balaban J connectivity index is 1.83. The molecule has 2 aromatic carbocycles. The molecule has 1 heterocycles. The Labute approximate surface area is 200 Å². The van der Waals surface area contributed by atoms with Crippen molar-refractivity contribution in [1.29, 1.82) is 5.26 Å². The lowest BCUT2D eigenvalue weighted by molar-refractivity contribution is -0.116. The minimum atomic E-state index is -0.482. The van der Waals surface area contributed by atoms with Gasteiger partial charge in [0.2, 0.25) is 0 Å². The molecule has 4 rings (SSSR count). The SMILES string of the molecule is COc1cc(Br)c([C@@H]2C(C#N)=C(C)NC3=C2C(=O)C[C@H](c2ccc(Cl)cc2)C3)cc1OC. The lowest BCUT2D eigenvalue weighted by Gasteiger charge is -2.36. The van der Waals surface area contributed by atoms with Gasteiger partial charge in [0.05, 0.1) is 31.8 Å². The highest BCUT2D eigenvalue weighted by Crippen LogP contribution is 2.48. The fourth-order valence-electron chi connectivity index (χ4n) is 4.56. The van der Waals surface area contributed by atoms with Crippen LogP contribution in [0.3, 0.4) is 0 Å². The summed E-state index contributed by atoms with van der Waals surface area (Å²) in [5.74, 6) is 0.721. The minimum Gasteiger partial charge on any atom is -0.493 e. The van der Waals surface area contributed by atoms with Gasteiger partial charge in [-0.2, -0.15) is 5.26 Å². The maximum atomic E-state index is 13.5. The first-order valence-corrected chi connectivity index (χ1v) is 11.4. The van der Waals surface area contributed by atoms with Crippen LogP contribution in [0.1, 0.15) is 42.7 Å². The zero-order valence-electron chi connectivity index (χ0n) is 18.0. The van der Waals surface area contributed by atoms with E-state index in [4.69, 9.17) is 21.1 Å². The van der Waals surface area contributed by atoms with Gasteiger partial charge in [-0.25, -0.2) is 0 Å². The fourth-order valence-corrected chi connectivity index (χ4v) is 5.24. The summed E-state index contributed by atoms with van der Waals surface area (Å²) in [5.41, 5.74) is 4.66. The van der Waals surface area contributed by atoms with Crippen LogP contribution in [-0.2, 0) is 4.79 Å². The summed E-state index contributed by atoms with van der Waals surface area (Å²) in [4.78, 5) is 13.5. The molecule has 7 heteroatoms. The predicted octanol–water partition coefficient (Wildman–Crippen LogP) is 6.00. The van der Waals surface area contributed by atoms with Gasteiger partial charge < -0.3 is 14.8 Å². The number of nitrogens with zero attached hydrogens (tertiary/aromatic N) is 1. The zero-order valence-corrected chi connectivity index (χ0v) is 20.3. The molecule has 5 nitrogen and oxygen atoms in total. The van der Waals surface area contributed by atoms with E-state index in [0.29, 0.717) is 40.5 Å². The monoisotopic (exact) mass is 512 g/mol. The number of benzene rings is 2. The van der Waals surface area contributed by atoms with Crippen LogP contribution in [0, 0.1) is 11.3 Å². The van der Waals surface area contributed by atoms with Gasteiger partial charge in [-0.15, -0.1) is 0 Å². The van der Waals surface area contributed by atoms with Crippen molar-refractivity contribution in [3.63, 3.8) is 0 Å². The van der Waals surface area contributed by atoms with Crippen LogP contribution in [0.15, 0.2) is 63.4 Å². The number of nitriles is 1. The average Bonchev–Trinajstić information content (AvgIpc) is 2.78. The molecule has 1 aliphatic heterocycles. The smallest absolute Gasteiger partial charge is 0.162 e. The van der Waals surface area contributed by atoms with E-state index in [1.807, 2.05) is 43.3 Å². The number of nitrogens with one attached hydrogen (secondary N) is 1. The number of rotatable bonds is 4. The minimum absolute atomic E-state index is 0.0330. The number of allylic oxidation sites excluding steroid dienone is 4. The van der Waals surface area contributed by atoms with E-state index in [9.17, 15) is 10.1 Å². The van der Waals surface area contributed by atoms with Crippen molar-refractivity contribution in [2.24, 2.45) is 0 Å². The van der Waals surface area contributed by atoms with Gasteiger partial charge in [0, 0.05) is 32.9 Å². The maximum absolute atomic E-state index is 13.5. The number of ether oxygens (including phenoxy) is 2. The average molecular weight is 514 g/mol. The van der Waals surface area contributed by atoms with Gasteiger partial charge in [0.25, 0.3) is 0 Å². The Hall–Kier alpha value is -2.75. The van der Waals surface area contributed by atoms with Gasteiger partial charge >= 0.3 is 0 Å². The summed E-state index contributed by atoms with van der Waals surface area (Å²) in [6.07, 6.45) is 1.06. The third kappa shape index (κ3) is 3.92. The second-order valence-corrected chi connectivity index (χ2v) is 9.20. The first-order chi connectivity index (χ1) is 15.4. The molecule has 2 aliphatic rings. The molecule has 164 valence electrons. The Morgan fingerprint density at radius 1 is 1.12 bits per heavy atom. The number of hydrogen-bond donors (Lipinski definition) is 1. The first kappa shape index (κ1) is 22.4. The highest BCUT2D eigenvalue weighted by Gasteiger charge is 2.40. The van der Waals surface area contributed by atoms with Crippen molar-refractivity contribution in [1.82, 2.24) is 5.32 Å². The second kappa shape index (κ2) is 9.01. The summed E-state index contributed by atoms with van der Waals surface area (Å²) in [6.45, 7) is 1.88. The molecule has 0 bridgehead atoms. The van der Waals surface area contributed by atoms with Crippen LogP contribution in [-0.4, -0.2) is 20.0 Å². The normalized spacial score (nSPS) is 20.4. The Morgan fingerprint density at radius 3 is 2.41 bits per heavy atom. The third-order valence-corrected chi connectivity index (χ3v) is 7.04. The number of hydrogen-bond acceptors (Lipinski definition) is 5. The molecule has 1 N–H and O–H groups in total. The van der Waals surface area contributed by atoms with Crippen LogP contribution < -0.4 is 14.8 Å². The first-order valence-electron chi connectivity index (χ1n) is 10.2. The number of halogens is 2. The zero-order chi connectivity index (χ0) is 23.0. The van der Waals surface area contributed by atoms with Crippen molar-refractivity contribution in [2.75, 3.05) is 14.2 Å². The number of Topliss-reactive ketones (excluding diaryl/α,β-unsaturated/α-hetero) is 1. The molecule has 0 amide bonds. The van der Waals surface area contributed by atoms with Gasteiger partial charge in [0.1, 0.15) is 0 Å². The molecule has 0 saturated carbocycles. The van der Waals surface area contributed by atoms with Crippen molar-refractivity contribution in [2.45, 2.75) is 31.6 Å². The number of carbonyl (C=O) groups excluding carboxylic acids is 1. The van der Waals surface area contributed by atoms with E-state index in [-0.39, 0.29) is 11.7 Å². The van der Waals surface area contributed by atoms with Crippen LogP contribution in [0.25, 0.3) is 0 Å². The lowest BCUT2D eigenvalue weighted by atomic mass is 9.72. The summed E-state index contributed by atoms with van der Waals surface area (Å²) < 4.78 is 11.6. The summed E-state index contributed by atoms with van der Waals surface area (Å²) in [7, 11) is 3.14. The molecule has 2 atom stereocenters. The van der Waals surface area contributed by atoms with E-state index in [2.05, 4.69) is 27.3 Å². The summed E-state index contributed by atoms with van der Waals surface area (Å²) >= 11 is 9.66. The van der Waals surface area contributed by atoms with Gasteiger partial charge in [0.15, 0.2) is 17.3 Å². The number of carbonyl (C=O) groups is 1. The number of ketones is 1. The topological polar surface area (TPSA) is 71.3 Å². The van der Waals surface area contributed by atoms with Crippen LogP contribution >= 0.6 is 27.5 Å². The van der Waals surface area contributed by atoms with Gasteiger partial charge in [-0.05, 0) is 54.7 Å². The Kier molecular flexibility index (Phi) is 6.32. The Morgan fingerprint density at radius 2 is 1.78 bits per heavy atom. The lowest BCUT2D eigenvalue weighted by Crippen LogP contribution is -2.33. The molecule has 0 radical (unpaired) electrons. The molecule has 0 spiro atoms. The molecule has 1 aliphatic carbocycles. The molecule has 0 saturated heterocycles. The predicted molar refractivity (Wildman–Crippen MR) is 127 cm³/mol. The maximum Gasteiger partial charge on any atom is 0.162 e. The highest BCUT2D eigenvalue weighted by molar-refractivity contribution is 9.10. The van der Waals surface area contributed by atoms with E-state index in [0.717, 1.165) is 27.0 Å². The third-order valence-electron chi connectivity index (χ3n) is 6.10. The Bertz CT molecular complexity index is 1190. The van der Waals surface area contributed by atoms with E-state index >= 15 is 0 Å². The fraction of sp³-hybridized carbons (Fsp3) is 0.280. The van der Waals surface area contributed by atoms with Crippen molar-refractivity contribution in [3.8, 4) is 17.6 Å².